The molecule has 2 N–H and O–H groups in total. The lowest BCUT2D eigenvalue weighted by Crippen LogP contribution is -2.48. The number of hydrogen-bond acceptors (Lipinski definition) is 3. The quantitative estimate of drug-likeness (QED) is 0.695. The van der Waals surface area contributed by atoms with Crippen molar-refractivity contribution in [3.8, 4) is 0 Å². The van der Waals surface area contributed by atoms with Crippen LogP contribution in [0.4, 0.5) is 4.79 Å². The van der Waals surface area contributed by atoms with Crippen LogP contribution in [0.15, 0.2) is 0 Å². The minimum atomic E-state index is -1.05. The smallest absolute Gasteiger partial charge is 0.325 e. The van der Waals surface area contributed by atoms with Gasteiger partial charge in [0.1, 0.15) is 6.04 Å². The summed E-state index contributed by atoms with van der Waals surface area (Å²) in [5.74, 6) is -0.729. The molecule has 6 heteroatoms. The third-order valence-electron chi connectivity index (χ3n) is 2.15. The standard InChI is InChI=1S/C11H22N2O4/c1-8(2)7-13(5-6-17-4)11(16)12-9(3)10(14)15/h8-9H,5-7H2,1-4H3,(H,12,16)(H,14,15)/t9-/m1/s1. The van der Waals surface area contributed by atoms with E-state index in [-0.39, 0.29) is 6.03 Å². The van der Waals surface area contributed by atoms with E-state index in [1.165, 1.54) is 6.92 Å². The maximum atomic E-state index is 11.8. The number of rotatable bonds is 7. The molecule has 6 nitrogen and oxygen atoms in total. The SMILES string of the molecule is COCCN(CC(C)C)C(=O)N[C@H](C)C(=O)O. The molecular formula is C11H22N2O4. The molecule has 0 aliphatic carbocycles. The van der Waals surface area contributed by atoms with Crippen LogP contribution in [0.3, 0.4) is 0 Å². The van der Waals surface area contributed by atoms with Crippen molar-refractivity contribution in [1.29, 1.82) is 0 Å². The van der Waals surface area contributed by atoms with E-state index in [1.807, 2.05) is 13.8 Å². The van der Waals surface area contributed by atoms with Gasteiger partial charge < -0.3 is 20.1 Å². The number of carboxylic acid groups (broad SMARTS) is 1. The fourth-order valence-electron chi connectivity index (χ4n) is 1.26. The molecule has 17 heavy (non-hydrogen) atoms. The summed E-state index contributed by atoms with van der Waals surface area (Å²) in [6.07, 6.45) is 0. The number of aliphatic carboxylic acids is 1. The number of ether oxygens (including phenoxy) is 1. The lowest BCUT2D eigenvalue weighted by atomic mass is 10.2. The maximum Gasteiger partial charge on any atom is 0.325 e. The van der Waals surface area contributed by atoms with Crippen molar-refractivity contribution in [2.45, 2.75) is 26.8 Å². The van der Waals surface area contributed by atoms with Gasteiger partial charge in [0.15, 0.2) is 0 Å². The zero-order chi connectivity index (χ0) is 13.4. The highest BCUT2D eigenvalue weighted by molar-refractivity contribution is 5.82. The molecule has 0 heterocycles. The van der Waals surface area contributed by atoms with E-state index in [0.29, 0.717) is 25.6 Å². The number of amides is 2. The van der Waals surface area contributed by atoms with Crippen LogP contribution in [0.2, 0.25) is 0 Å². The summed E-state index contributed by atoms with van der Waals surface area (Å²) >= 11 is 0. The number of urea groups is 1. The van der Waals surface area contributed by atoms with Gasteiger partial charge in [0.05, 0.1) is 6.61 Å². The first kappa shape index (κ1) is 15.7. The van der Waals surface area contributed by atoms with Crippen molar-refractivity contribution in [3.63, 3.8) is 0 Å². The Morgan fingerprint density at radius 3 is 2.35 bits per heavy atom. The molecule has 0 aliphatic heterocycles. The Morgan fingerprint density at radius 1 is 1.35 bits per heavy atom. The summed E-state index contributed by atoms with van der Waals surface area (Å²) < 4.78 is 4.92. The second-order valence-corrected chi connectivity index (χ2v) is 4.34. The van der Waals surface area contributed by atoms with E-state index >= 15 is 0 Å². The lowest BCUT2D eigenvalue weighted by molar-refractivity contribution is -0.138. The van der Waals surface area contributed by atoms with Crippen molar-refractivity contribution in [2.24, 2.45) is 5.92 Å². The molecule has 0 aromatic heterocycles. The Labute approximate surface area is 102 Å². The Kier molecular flexibility index (Phi) is 7.29. The molecule has 0 rings (SSSR count). The van der Waals surface area contributed by atoms with Gasteiger partial charge in [-0.3, -0.25) is 4.79 Å². The molecule has 0 bridgehead atoms. The monoisotopic (exact) mass is 246 g/mol. The second-order valence-electron chi connectivity index (χ2n) is 4.34. The van der Waals surface area contributed by atoms with E-state index in [4.69, 9.17) is 9.84 Å². The number of hydrogen-bond donors (Lipinski definition) is 2. The number of carbonyl (C=O) groups excluding carboxylic acids is 1. The van der Waals surface area contributed by atoms with Crippen molar-refractivity contribution in [2.75, 3.05) is 26.8 Å². The number of carbonyl (C=O) groups is 2. The van der Waals surface area contributed by atoms with Crippen molar-refractivity contribution < 1.29 is 19.4 Å². The van der Waals surface area contributed by atoms with Gasteiger partial charge in [0, 0.05) is 20.2 Å². The zero-order valence-electron chi connectivity index (χ0n) is 10.9. The van der Waals surface area contributed by atoms with Crippen molar-refractivity contribution in [1.82, 2.24) is 10.2 Å². The molecule has 0 saturated carbocycles. The predicted octanol–water partition coefficient (Wildman–Crippen LogP) is 0.773. The van der Waals surface area contributed by atoms with Crippen LogP contribution in [-0.4, -0.2) is 54.9 Å². The summed E-state index contributed by atoms with van der Waals surface area (Å²) in [5, 5.41) is 11.1. The zero-order valence-corrected chi connectivity index (χ0v) is 10.9. The van der Waals surface area contributed by atoms with E-state index in [2.05, 4.69) is 5.32 Å². The Hall–Kier alpha value is -1.30. The molecule has 0 aromatic carbocycles. The average molecular weight is 246 g/mol. The van der Waals surface area contributed by atoms with Crippen LogP contribution in [0, 0.1) is 5.92 Å². The highest BCUT2D eigenvalue weighted by atomic mass is 16.5. The molecule has 0 unspecified atom stereocenters. The van der Waals surface area contributed by atoms with Crippen LogP contribution in [0.1, 0.15) is 20.8 Å². The number of nitrogens with one attached hydrogen (secondary N) is 1. The Balaban J connectivity index is 4.35. The fourth-order valence-corrected chi connectivity index (χ4v) is 1.26. The minimum Gasteiger partial charge on any atom is -0.480 e. The molecule has 100 valence electrons. The topological polar surface area (TPSA) is 78.9 Å². The number of methoxy groups -OCH3 is 1. The summed E-state index contributed by atoms with van der Waals surface area (Å²) in [4.78, 5) is 24.0. The Morgan fingerprint density at radius 2 is 1.94 bits per heavy atom. The van der Waals surface area contributed by atoms with Gasteiger partial charge in [-0.2, -0.15) is 0 Å². The van der Waals surface area contributed by atoms with Crippen molar-refractivity contribution in [3.05, 3.63) is 0 Å². The summed E-state index contributed by atoms with van der Waals surface area (Å²) in [6.45, 7) is 6.88. The van der Waals surface area contributed by atoms with Gasteiger partial charge in [-0.05, 0) is 12.8 Å². The molecule has 1 atom stereocenters. The van der Waals surface area contributed by atoms with Crippen LogP contribution < -0.4 is 5.32 Å². The summed E-state index contributed by atoms with van der Waals surface area (Å²) in [7, 11) is 1.56. The van der Waals surface area contributed by atoms with Gasteiger partial charge >= 0.3 is 12.0 Å². The number of carboxylic acids is 1. The molecule has 2 amide bonds. The first-order chi connectivity index (χ1) is 7.88. The lowest BCUT2D eigenvalue weighted by Gasteiger charge is -2.25. The van der Waals surface area contributed by atoms with Crippen LogP contribution in [-0.2, 0) is 9.53 Å². The Bertz CT molecular complexity index is 256. The molecular weight excluding hydrogens is 224 g/mol. The second kappa shape index (κ2) is 7.89. The summed E-state index contributed by atoms with van der Waals surface area (Å²) in [6, 6.07) is -1.26. The fraction of sp³-hybridized carbons (Fsp3) is 0.818. The molecule has 0 aromatic rings. The van der Waals surface area contributed by atoms with Gasteiger partial charge in [0.2, 0.25) is 0 Å². The van der Waals surface area contributed by atoms with Gasteiger partial charge in [-0.1, -0.05) is 13.8 Å². The largest absolute Gasteiger partial charge is 0.480 e. The first-order valence-electron chi connectivity index (χ1n) is 5.65. The highest BCUT2D eigenvalue weighted by Gasteiger charge is 2.19. The maximum absolute atomic E-state index is 11.8. The molecule has 0 fully saturated rings. The van der Waals surface area contributed by atoms with Gasteiger partial charge in [-0.25, -0.2) is 4.79 Å². The van der Waals surface area contributed by atoms with E-state index in [9.17, 15) is 9.59 Å². The van der Waals surface area contributed by atoms with Gasteiger partial charge in [0.25, 0.3) is 0 Å². The van der Waals surface area contributed by atoms with E-state index in [0.717, 1.165) is 0 Å². The summed E-state index contributed by atoms with van der Waals surface area (Å²) in [5.41, 5.74) is 0. The third-order valence-corrected chi connectivity index (χ3v) is 2.15. The molecule has 0 radical (unpaired) electrons. The van der Waals surface area contributed by atoms with Crippen LogP contribution in [0.5, 0.6) is 0 Å². The third kappa shape index (κ3) is 6.78. The minimum absolute atomic E-state index is 0.317. The van der Waals surface area contributed by atoms with Gasteiger partial charge in [-0.15, -0.1) is 0 Å². The molecule has 0 aliphatic rings. The highest BCUT2D eigenvalue weighted by Crippen LogP contribution is 2.00. The normalized spacial score (nSPS) is 12.3. The van der Waals surface area contributed by atoms with Crippen LogP contribution in [0.25, 0.3) is 0 Å². The molecule has 0 spiro atoms. The first-order valence-corrected chi connectivity index (χ1v) is 5.65. The average Bonchev–Trinajstić information content (AvgIpc) is 2.23. The molecule has 0 saturated heterocycles. The van der Waals surface area contributed by atoms with E-state index < -0.39 is 12.0 Å². The number of nitrogens with zero attached hydrogens (tertiary/aromatic N) is 1. The van der Waals surface area contributed by atoms with Crippen molar-refractivity contribution >= 4 is 12.0 Å². The predicted molar refractivity (Wildman–Crippen MR) is 63.9 cm³/mol. The van der Waals surface area contributed by atoms with Crippen LogP contribution >= 0.6 is 0 Å². The van der Waals surface area contributed by atoms with E-state index in [1.54, 1.807) is 12.0 Å².